The van der Waals surface area contributed by atoms with Crippen molar-refractivity contribution < 1.29 is 19.1 Å². The summed E-state index contributed by atoms with van der Waals surface area (Å²) in [6.45, 7) is 3.01. The van der Waals surface area contributed by atoms with Crippen LogP contribution in [0, 0.1) is 12.7 Å². The number of carbonyl (C=O) groups excluding carboxylic acids is 1. The van der Waals surface area contributed by atoms with E-state index in [4.69, 9.17) is 5.11 Å². The van der Waals surface area contributed by atoms with Crippen LogP contribution < -0.4 is 5.32 Å². The molecule has 0 bridgehead atoms. The van der Waals surface area contributed by atoms with E-state index in [1.54, 1.807) is 13.0 Å². The average molecular weight is 225 g/mol. The Balaban J connectivity index is 2.85. The fraction of sp³-hybridized carbons (Fsp3) is 0.273. The maximum Gasteiger partial charge on any atom is 0.325 e. The zero-order valence-electron chi connectivity index (χ0n) is 8.95. The highest BCUT2D eigenvalue weighted by molar-refractivity contribution is 5.96. The van der Waals surface area contributed by atoms with Gasteiger partial charge in [-0.05, 0) is 31.5 Å². The zero-order chi connectivity index (χ0) is 12.3. The summed E-state index contributed by atoms with van der Waals surface area (Å²) in [5.74, 6) is -2.55. The number of rotatable bonds is 3. The molecule has 2 N–H and O–H groups in total. The van der Waals surface area contributed by atoms with Crippen LogP contribution in [0.4, 0.5) is 4.39 Å². The minimum atomic E-state index is -1.17. The van der Waals surface area contributed by atoms with Gasteiger partial charge in [0.2, 0.25) is 0 Å². The highest BCUT2D eigenvalue weighted by Gasteiger charge is 2.17. The SMILES string of the molecule is Cc1ccc(C(=O)N[C@@H](C)C(=O)O)c(F)c1. The maximum atomic E-state index is 13.3. The molecule has 1 aromatic rings. The molecule has 5 heteroatoms. The maximum absolute atomic E-state index is 13.3. The van der Waals surface area contributed by atoms with E-state index in [1.165, 1.54) is 19.1 Å². The van der Waals surface area contributed by atoms with Crippen molar-refractivity contribution >= 4 is 11.9 Å². The van der Waals surface area contributed by atoms with E-state index in [0.717, 1.165) is 0 Å². The summed E-state index contributed by atoms with van der Waals surface area (Å²) in [7, 11) is 0. The topological polar surface area (TPSA) is 66.4 Å². The molecule has 0 aromatic heterocycles. The van der Waals surface area contributed by atoms with Gasteiger partial charge in [0, 0.05) is 0 Å². The van der Waals surface area contributed by atoms with Gasteiger partial charge in [-0.3, -0.25) is 9.59 Å². The second kappa shape index (κ2) is 4.74. The molecule has 1 amide bonds. The largest absolute Gasteiger partial charge is 0.480 e. The Morgan fingerprint density at radius 1 is 1.44 bits per heavy atom. The Kier molecular flexibility index (Phi) is 3.60. The Bertz CT molecular complexity index is 431. The lowest BCUT2D eigenvalue weighted by Gasteiger charge is -2.09. The molecule has 0 heterocycles. The monoisotopic (exact) mass is 225 g/mol. The molecule has 0 saturated carbocycles. The Hall–Kier alpha value is -1.91. The first-order chi connectivity index (χ1) is 7.41. The third-order valence-corrected chi connectivity index (χ3v) is 2.09. The lowest BCUT2D eigenvalue weighted by molar-refractivity contribution is -0.138. The summed E-state index contributed by atoms with van der Waals surface area (Å²) in [5.41, 5.74) is 0.541. The molecular weight excluding hydrogens is 213 g/mol. The highest BCUT2D eigenvalue weighted by atomic mass is 19.1. The van der Waals surface area contributed by atoms with Gasteiger partial charge in [0.25, 0.3) is 5.91 Å². The predicted octanol–water partition coefficient (Wildman–Crippen LogP) is 1.34. The summed E-state index contributed by atoms with van der Waals surface area (Å²) >= 11 is 0. The van der Waals surface area contributed by atoms with Crippen LogP contribution in [0.1, 0.15) is 22.8 Å². The number of nitrogens with one attached hydrogen (secondary N) is 1. The first-order valence-corrected chi connectivity index (χ1v) is 4.71. The molecule has 4 nitrogen and oxygen atoms in total. The fourth-order valence-electron chi connectivity index (χ4n) is 1.14. The van der Waals surface area contributed by atoms with E-state index in [0.29, 0.717) is 5.56 Å². The van der Waals surface area contributed by atoms with Gasteiger partial charge >= 0.3 is 5.97 Å². The lowest BCUT2D eigenvalue weighted by atomic mass is 10.1. The second-order valence-electron chi connectivity index (χ2n) is 3.52. The summed E-state index contributed by atoms with van der Waals surface area (Å²) in [4.78, 5) is 22.0. The molecule has 0 fully saturated rings. The van der Waals surface area contributed by atoms with Crippen molar-refractivity contribution in [3.8, 4) is 0 Å². The molecule has 0 aliphatic carbocycles. The molecule has 0 aliphatic rings. The Morgan fingerprint density at radius 2 is 2.06 bits per heavy atom. The summed E-state index contributed by atoms with van der Waals surface area (Å²) in [6, 6.07) is 3.09. The van der Waals surface area contributed by atoms with E-state index in [9.17, 15) is 14.0 Å². The minimum absolute atomic E-state index is 0.154. The van der Waals surface area contributed by atoms with Gasteiger partial charge in [0.1, 0.15) is 11.9 Å². The van der Waals surface area contributed by atoms with Crippen molar-refractivity contribution in [3.05, 3.63) is 35.1 Å². The van der Waals surface area contributed by atoms with Crippen LogP contribution in [0.2, 0.25) is 0 Å². The molecule has 0 radical (unpaired) electrons. The van der Waals surface area contributed by atoms with Gasteiger partial charge in [-0.2, -0.15) is 0 Å². The number of hydrogen-bond acceptors (Lipinski definition) is 2. The van der Waals surface area contributed by atoms with Gasteiger partial charge in [-0.25, -0.2) is 4.39 Å². The molecule has 16 heavy (non-hydrogen) atoms. The summed E-state index contributed by atoms with van der Waals surface area (Å²) in [6.07, 6.45) is 0. The van der Waals surface area contributed by atoms with E-state index < -0.39 is 23.7 Å². The van der Waals surface area contributed by atoms with Crippen molar-refractivity contribution in [2.75, 3.05) is 0 Å². The van der Waals surface area contributed by atoms with E-state index in [2.05, 4.69) is 5.32 Å². The van der Waals surface area contributed by atoms with E-state index >= 15 is 0 Å². The van der Waals surface area contributed by atoms with Gasteiger partial charge in [0.15, 0.2) is 0 Å². The van der Waals surface area contributed by atoms with Crippen LogP contribution >= 0.6 is 0 Å². The van der Waals surface area contributed by atoms with Crippen LogP contribution in [-0.2, 0) is 4.79 Å². The molecule has 1 aromatic carbocycles. The minimum Gasteiger partial charge on any atom is -0.480 e. The summed E-state index contributed by atoms with van der Waals surface area (Å²) in [5, 5.41) is 10.8. The Morgan fingerprint density at radius 3 is 2.56 bits per heavy atom. The van der Waals surface area contributed by atoms with Gasteiger partial charge in [-0.15, -0.1) is 0 Å². The number of carbonyl (C=O) groups is 2. The number of aryl methyl sites for hydroxylation is 1. The highest BCUT2D eigenvalue weighted by Crippen LogP contribution is 2.09. The molecule has 0 unspecified atom stereocenters. The predicted molar refractivity (Wildman–Crippen MR) is 55.7 cm³/mol. The number of carboxylic acid groups (broad SMARTS) is 1. The van der Waals surface area contributed by atoms with Crippen molar-refractivity contribution in [2.45, 2.75) is 19.9 Å². The standard InChI is InChI=1S/C11H12FNO3/c1-6-3-4-8(9(12)5-6)10(14)13-7(2)11(15)16/h3-5,7H,1-2H3,(H,13,14)(H,15,16)/t7-/m0/s1. The van der Waals surface area contributed by atoms with Gasteiger partial charge < -0.3 is 10.4 Å². The molecular formula is C11H12FNO3. The summed E-state index contributed by atoms with van der Waals surface area (Å²) < 4.78 is 13.3. The van der Waals surface area contributed by atoms with E-state index in [1.807, 2.05) is 0 Å². The van der Waals surface area contributed by atoms with Crippen LogP contribution in [-0.4, -0.2) is 23.0 Å². The molecule has 1 atom stereocenters. The smallest absolute Gasteiger partial charge is 0.325 e. The van der Waals surface area contributed by atoms with Crippen molar-refractivity contribution in [2.24, 2.45) is 0 Å². The zero-order valence-corrected chi connectivity index (χ0v) is 8.95. The quantitative estimate of drug-likeness (QED) is 0.815. The van der Waals surface area contributed by atoms with Crippen molar-refractivity contribution in [1.29, 1.82) is 0 Å². The van der Waals surface area contributed by atoms with Crippen LogP contribution in [0.5, 0.6) is 0 Å². The Labute approximate surface area is 92.1 Å². The average Bonchev–Trinajstić information content (AvgIpc) is 2.16. The third kappa shape index (κ3) is 2.79. The first kappa shape index (κ1) is 12.2. The third-order valence-electron chi connectivity index (χ3n) is 2.09. The molecule has 86 valence electrons. The van der Waals surface area contributed by atoms with Crippen LogP contribution in [0.15, 0.2) is 18.2 Å². The number of aliphatic carboxylic acids is 1. The normalized spacial score (nSPS) is 11.9. The lowest BCUT2D eigenvalue weighted by Crippen LogP contribution is -2.38. The van der Waals surface area contributed by atoms with Gasteiger partial charge in [0.05, 0.1) is 5.56 Å². The van der Waals surface area contributed by atoms with Crippen molar-refractivity contribution in [3.63, 3.8) is 0 Å². The second-order valence-corrected chi connectivity index (χ2v) is 3.52. The number of hydrogen-bond donors (Lipinski definition) is 2. The number of benzene rings is 1. The first-order valence-electron chi connectivity index (χ1n) is 4.71. The molecule has 0 spiro atoms. The van der Waals surface area contributed by atoms with E-state index in [-0.39, 0.29) is 5.56 Å². The molecule has 1 rings (SSSR count). The number of halogens is 1. The fourth-order valence-corrected chi connectivity index (χ4v) is 1.14. The number of amides is 1. The number of carboxylic acids is 1. The molecule has 0 aliphatic heterocycles. The molecule has 0 saturated heterocycles. The van der Waals surface area contributed by atoms with Gasteiger partial charge in [-0.1, -0.05) is 6.07 Å². The van der Waals surface area contributed by atoms with Crippen molar-refractivity contribution in [1.82, 2.24) is 5.32 Å². The van der Waals surface area contributed by atoms with Crippen LogP contribution in [0.25, 0.3) is 0 Å². The van der Waals surface area contributed by atoms with Crippen LogP contribution in [0.3, 0.4) is 0 Å².